The summed E-state index contributed by atoms with van der Waals surface area (Å²) in [7, 11) is 1.59. The molecule has 6 heteroatoms. The first-order valence-corrected chi connectivity index (χ1v) is 7.96. The summed E-state index contributed by atoms with van der Waals surface area (Å²) in [6, 6.07) is 3.57. The highest BCUT2D eigenvalue weighted by atomic mass is 35.5. The summed E-state index contributed by atoms with van der Waals surface area (Å²) in [5.74, 6) is 0.158. The molecule has 120 valence electrons. The summed E-state index contributed by atoms with van der Waals surface area (Å²) >= 11 is 6.35. The SMILES string of the molecule is COc1cc(Cl)c(C2CC(C(=O)O)CN2)cc1OC1CCC1. The van der Waals surface area contributed by atoms with Crippen molar-refractivity contribution in [1.82, 2.24) is 5.32 Å². The van der Waals surface area contributed by atoms with Gasteiger partial charge in [0.15, 0.2) is 11.5 Å². The fourth-order valence-electron chi connectivity index (χ4n) is 2.90. The molecule has 1 aromatic carbocycles. The normalized spacial score (nSPS) is 24.8. The summed E-state index contributed by atoms with van der Waals surface area (Å²) in [4.78, 5) is 11.1. The van der Waals surface area contributed by atoms with Crippen molar-refractivity contribution in [1.29, 1.82) is 0 Å². The maximum atomic E-state index is 11.1. The molecule has 5 nitrogen and oxygen atoms in total. The number of carboxylic acids is 1. The van der Waals surface area contributed by atoms with Crippen LogP contribution in [0.3, 0.4) is 0 Å². The molecule has 0 aromatic heterocycles. The second-order valence-corrected chi connectivity index (χ2v) is 6.33. The Hall–Kier alpha value is -1.46. The highest BCUT2D eigenvalue weighted by Gasteiger charge is 2.32. The smallest absolute Gasteiger partial charge is 0.307 e. The zero-order valence-electron chi connectivity index (χ0n) is 12.5. The Balaban J connectivity index is 1.84. The first kappa shape index (κ1) is 15.4. The number of methoxy groups -OCH3 is 1. The van der Waals surface area contributed by atoms with Crippen molar-refractivity contribution in [2.45, 2.75) is 37.8 Å². The quantitative estimate of drug-likeness (QED) is 0.871. The molecule has 1 heterocycles. The number of ether oxygens (including phenoxy) is 2. The van der Waals surface area contributed by atoms with E-state index in [4.69, 9.17) is 26.2 Å². The number of aliphatic carboxylic acids is 1. The summed E-state index contributed by atoms with van der Waals surface area (Å²) in [5, 5.41) is 12.9. The van der Waals surface area contributed by atoms with E-state index >= 15 is 0 Å². The number of nitrogens with one attached hydrogen (secondary N) is 1. The largest absolute Gasteiger partial charge is 0.493 e. The lowest BCUT2D eigenvalue weighted by Gasteiger charge is -2.28. The highest BCUT2D eigenvalue weighted by molar-refractivity contribution is 6.31. The Morgan fingerprint density at radius 2 is 2.14 bits per heavy atom. The minimum absolute atomic E-state index is 0.0664. The number of rotatable bonds is 5. The fourth-order valence-corrected chi connectivity index (χ4v) is 3.18. The molecule has 0 spiro atoms. The Bertz CT molecular complexity index is 574. The van der Waals surface area contributed by atoms with Crippen LogP contribution >= 0.6 is 11.6 Å². The van der Waals surface area contributed by atoms with Crippen LogP contribution in [0.15, 0.2) is 12.1 Å². The third kappa shape index (κ3) is 3.01. The number of halogens is 1. The number of carboxylic acid groups (broad SMARTS) is 1. The van der Waals surface area contributed by atoms with Crippen LogP contribution in [0.5, 0.6) is 11.5 Å². The van der Waals surface area contributed by atoms with Gasteiger partial charge in [-0.3, -0.25) is 4.79 Å². The number of hydrogen-bond acceptors (Lipinski definition) is 4. The van der Waals surface area contributed by atoms with E-state index in [0.29, 0.717) is 29.5 Å². The molecule has 1 aliphatic heterocycles. The van der Waals surface area contributed by atoms with Crippen molar-refractivity contribution in [2.24, 2.45) is 5.92 Å². The maximum absolute atomic E-state index is 11.1. The predicted octanol–water partition coefficient (Wildman–Crippen LogP) is 3.02. The van der Waals surface area contributed by atoms with E-state index in [1.807, 2.05) is 6.07 Å². The van der Waals surface area contributed by atoms with Gasteiger partial charge >= 0.3 is 5.97 Å². The second-order valence-electron chi connectivity index (χ2n) is 5.93. The third-order valence-electron chi connectivity index (χ3n) is 4.48. The molecule has 0 radical (unpaired) electrons. The fraction of sp³-hybridized carbons (Fsp3) is 0.562. The molecular weight excluding hydrogens is 306 g/mol. The van der Waals surface area contributed by atoms with Gasteiger partial charge in [0.25, 0.3) is 0 Å². The van der Waals surface area contributed by atoms with Crippen molar-refractivity contribution in [3.8, 4) is 11.5 Å². The van der Waals surface area contributed by atoms with Gasteiger partial charge in [0.2, 0.25) is 0 Å². The van der Waals surface area contributed by atoms with E-state index in [1.165, 1.54) is 6.42 Å². The van der Waals surface area contributed by atoms with Crippen molar-refractivity contribution in [2.75, 3.05) is 13.7 Å². The molecule has 2 atom stereocenters. The lowest BCUT2D eigenvalue weighted by Crippen LogP contribution is -2.25. The van der Waals surface area contributed by atoms with Gasteiger partial charge < -0.3 is 19.9 Å². The highest BCUT2D eigenvalue weighted by Crippen LogP contribution is 2.40. The van der Waals surface area contributed by atoms with Crippen molar-refractivity contribution >= 4 is 17.6 Å². The Labute approximate surface area is 134 Å². The van der Waals surface area contributed by atoms with Crippen LogP contribution in [0, 0.1) is 5.92 Å². The molecule has 2 aliphatic rings. The number of carbonyl (C=O) groups is 1. The van der Waals surface area contributed by atoms with Crippen LogP contribution in [0.4, 0.5) is 0 Å². The van der Waals surface area contributed by atoms with Gasteiger partial charge in [-0.15, -0.1) is 0 Å². The molecule has 2 fully saturated rings. The predicted molar refractivity (Wildman–Crippen MR) is 82.8 cm³/mol. The van der Waals surface area contributed by atoms with E-state index in [-0.39, 0.29) is 18.1 Å². The zero-order chi connectivity index (χ0) is 15.7. The average molecular weight is 326 g/mol. The average Bonchev–Trinajstić information content (AvgIpc) is 2.93. The molecule has 0 bridgehead atoms. The topological polar surface area (TPSA) is 67.8 Å². The van der Waals surface area contributed by atoms with Crippen LogP contribution in [0.2, 0.25) is 5.02 Å². The molecular formula is C16H20ClNO4. The van der Waals surface area contributed by atoms with Crippen molar-refractivity contribution in [3.05, 3.63) is 22.7 Å². The van der Waals surface area contributed by atoms with E-state index < -0.39 is 5.97 Å². The molecule has 2 N–H and O–H groups in total. The van der Waals surface area contributed by atoms with Gasteiger partial charge in [-0.25, -0.2) is 0 Å². The molecule has 2 unspecified atom stereocenters. The van der Waals surface area contributed by atoms with Crippen LogP contribution < -0.4 is 14.8 Å². The second kappa shape index (κ2) is 6.34. The van der Waals surface area contributed by atoms with E-state index in [1.54, 1.807) is 13.2 Å². The molecule has 0 amide bonds. The van der Waals surface area contributed by atoms with Crippen LogP contribution in [-0.4, -0.2) is 30.8 Å². The van der Waals surface area contributed by atoms with E-state index in [9.17, 15) is 4.79 Å². The zero-order valence-corrected chi connectivity index (χ0v) is 13.2. The minimum atomic E-state index is -0.773. The summed E-state index contributed by atoms with van der Waals surface area (Å²) in [6.45, 7) is 0.459. The van der Waals surface area contributed by atoms with Gasteiger partial charge in [0.1, 0.15) is 0 Å². The van der Waals surface area contributed by atoms with Crippen LogP contribution in [0.1, 0.15) is 37.3 Å². The van der Waals surface area contributed by atoms with Gasteiger partial charge in [-0.1, -0.05) is 11.6 Å². The van der Waals surface area contributed by atoms with E-state index in [0.717, 1.165) is 18.4 Å². The van der Waals surface area contributed by atoms with Gasteiger partial charge in [-0.2, -0.15) is 0 Å². The monoisotopic (exact) mass is 325 g/mol. The minimum Gasteiger partial charge on any atom is -0.493 e. The van der Waals surface area contributed by atoms with Crippen LogP contribution in [0.25, 0.3) is 0 Å². The van der Waals surface area contributed by atoms with Crippen molar-refractivity contribution in [3.63, 3.8) is 0 Å². The van der Waals surface area contributed by atoms with Crippen molar-refractivity contribution < 1.29 is 19.4 Å². The Morgan fingerprint density at radius 3 is 2.68 bits per heavy atom. The maximum Gasteiger partial charge on any atom is 0.307 e. The molecule has 1 saturated carbocycles. The molecule has 1 saturated heterocycles. The van der Waals surface area contributed by atoms with Crippen LogP contribution in [-0.2, 0) is 4.79 Å². The first-order chi connectivity index (χ1) is 10.6. The Kier molecular flexibility index (Phi) is 4.45. The number of hydrogen-bond donors (Lipinski definition) is 2. The lowest BCUT2D eigenvalue weighted by molar-refractivity contribution is -0.141. The summed E-state index contributed by atoms with van der Waals surface area (Å²) in [6.07, 6.45) is 4.09. The Morgan fingerprint density at radius 1 is 1.36 bits per heavy atom. The van der Waals surface area contributed by atoms with Gasteiger partial charge in [-0.05, 0) is 37.3 Å². The molecule has 1 aromatic rings. The first-order valence-electron chi connectivity index (χ1n) is 7.58. The van der Waals surface area contributed by atoms with Gasteiger partial charge in [0.05, 0.1) is 19.1 Å². The molecule has 22 heavy (non-hydrogen) atoms. The number of benzene rings is 1. The molecule has 1 aliphatic carbocycles. The van der Waals surface area contributed by atoms with E-state index in [2.05, 4.69) is 5.32 Å². The third-order valence-corrected chi connectivity index (χ3v) is 4.81. The summed E-state index contributed by atoms with van der Waals surface area (Å²) < 4.78 is 11.3. The summed E-state index contributed by atoms with van der Waals surface area (Å²) in [5.41, 5.74) is 0.876. The van der Waals surface area contributed by atoms with Gasteiger partial charge in [0, 0.05) is 23.7 Å². The lowest BCUT2D eigenvalue weighted by atomic mass is 9.96. The standard InChI is InChI=1S/C16H20ClNO4/c1-21-14-7-12(17)11(6-15(14)22-10-3-2-4-10)13-5-9(8-18-13)16(19)20/h6-7,9-10,13,18H,2-5,8H2,1H3,(H,19,20). The molecule has 3 rings (SSSR count).